The molecule has 2 saturated heterocycles. The standard InChI is InChI=1S/C26H29F2N7O2/c27-17-3-4-23(19(28)12-17)37-18-5-9-34(10-6-18)25-24(16-13-30-31-14-16)32-22-15-35(11-7-20(22)33-25)26(36)21-2-1-8-29-21/h3-4,12-14,18,21,29H,1-2,5-11,15H2,(H,30,31). The van der Waals surface area contributed by atoms with Crippen molar-refractivity contribution in [2.75, 3.05) is 31.1 Å². The number of rotatable bonds is 5. The van der Waals surface area contributed by atoms with Crippen LogP contribution in [0.2, 0.25) is 0 Å². The Morgan fingerprint density at radius 2 is 1.95 bits per heavy atom. The average molecular weight is 510 g/mol. The van der Waals surface area contributed by atoms with Gasteiger partial charge >= 0.3 is 0 Å². The van der Waals surface area contributed by atoms with Gasteiger partial charge in [-0.1, -0.05) is 0 Å². The summed E-state index contributed by atoms with van der Waals surface area (Å²) < 4.78 is 33.1. The number of aromatic nitrogens is 4. The van der Waals surface area contributed by atoms with Gasteiger partial charge in [-0.3, -0.25) is 9.89 Å². The van der Waals surface area contributed by atoms with Crippen LogP contribution in [0.15, 0.2) is 30.6 Å². The number of nitrogens with one attached hydrogen (secondary N) is 2. The van der Waals surface area contributed by atoms with Crippen LogP contribution in [0.3, 0.4) is 0 Å². The Hall–Kier alpha value is -3.60. The van der Waals surface area contributed by atoms with Gasteiger partial charge in [-0.05, 0) is 31.5 Å². The number of carbonyl (C=O) groups is 1. The number of amides is 1. The van der Waals surface area contributed by atoms with E-state index in [2.05, 4.69) is 20.4 Å². The van der Waals surface area contributed by atoms with Crippen molar-refractivity contribution in [3.63, 3.8) is 0 Å². The zero-order chi connectivity index (χ0) is 25.4. The van der Waals surface area contributed by atoms with Crippen LogP contribution in [0.4, 0.5) is 14.6 Å². The van der Waals surface area contributed by atoms with E-state index in [-0.39, 0.29) is 23.8 Å². The molecule has 6 rings (SSSR count). The second kappa shape index (κ2) is 10.0. The van der Waals surface area contributed by atoms with E-state index in [0.29, 0.717) is 45.4 Å². The van der Waals surface area contributed by atoms with E-state index >= 15 is 0 Å². The number of carbonyl (C=O) groups excluding carboxylic acids is 1. The first-order valence-corrected chi connectivity index (χ1v) is 12.8. The topological polar surface area (TPSA) is 99.3 Å². The lowest BCUT2D eigenvalue weighted by Crippen LogP contribution is -2.46. The summed E-state index contributed by atoms with van der Waals surface area (Å²) in [7, 11) is 0. The van der Waals surface area contributed by atoms with Gasteiger partial charge in [0.1, 0.15) is 17.6 Å². The molecular formula is C26H29F2N7O2. The van der Waals surface area contributed by atoms with Crippen molar-refractivity contribution in [2.45, 2.75) is 50.8 Å². The molecule has 0 bridgehead atoms. The van der Waals surface area contributed by atoms with E-state index in [9.17, 15) is 13.6 Å². The van der Waals surface area contributed by atoms with Crippen molar-refractivity contribution in [3.8, 4) is 17.0 Å². The molecule has 9 nitrogen and oxygen atoms in total. The highest BCUT2D eigenvalue weighted by molar-refractivity contribution is 5.82. The lowest BCUT2D eigenvalue weighted by Gasteiger charge is -2.35. The summed E-state index contributed by atoms with van der Waals surface area (Å²) in [5, 5.41) is 10.2. The molecule has 2 fully saturated rings. The van der Waals surface area contributed by atoms with Gasteiger partial charge in [0, 0.05) is 56.7 Å². The van der Waals surface area contributed by atoms with Crippen molar-refractivity contribution in [1.29, 1.82) is 0 Å². The molecule has 3 aromatic rings. The molecule has 194 valence electrons. The summed E-state index contributed by atoms with van der Waals surface area (Å²) in [6.45, 7) is 3.27. The molecule has 0 saturated carbocycles. The average Bonchev–Trinajstić information content (AvgIpc) is 3.64. The molecule has 3 aliphatic heterocycles. The number of fused-ring (bicyclic) bond motifs is 1. The zero-order valence-corrected chi connectivity index (χ0v) is 20.4. The number of anilines is 1. The summed E-state index contributed by atoms with van der Waals surface area (Å²) in [6.07, 6.45) is 7.22. The molecule has 1 amide bonds. The molecule has 5 heterocycles. The van der Waals surface area contributed by atoms with E-state index in [4.69, 9.17) is 14.7 Å². The number of hydrogen-bond donors (Lipinski definition) is 2. The number of nitrogens with zero attached hydrogens (tertiary/aromatic N) is 5. The summed E-state index contributed by atoms with van der Waals surface area (Å²) in [5.74, 6) is -0.330. The maximum absolute atomic E-state index is 14.1. The number of piperidine rings is 1. The molecule has 37 heavy (non-hydrogen) atoms. The maximum atomic E-state index is 14.1. The monoisotopic (exact) mass is 509 g/mol. The molecule has 0 spiro atoms. The number of aromatic amines is 1. The van der Waals surface area contributed by atoms with Crippen LogP contribution in [0.1, 0.15) is 37.1 Å². The third-order valence-electron chi connectivity index (χ3n) is 7.36. The van der Waals surface area contributed by atoms with Gasteiger partial charge in [0.15, 0.2) is 17.4 Å². The molecule has 11 heteroatoms. The van der Waals surface area contributed by atoms with Crippen LogP contribution in [0.5, 0.6) is 5.75 Å². The molecule has 0 radical (unpaired) electrons. The van der Waals surface area contributed by atoms with E-state index < -0.39 is 11.6 Å². The fourth-order valence-electron chi connectivity index (χ4n) is 5.36. The Morgan fingerprint density at radius 3 is 2.68 bits per heavy atom. The van der Waals surface area contributed by atoms with Gasteiger partial charge in [0.05, 0.1) is 30.2 Å². The molecule has 1 unspecified atom stereocenters. The third-order valence-corrected chi connectivity index (χ3v) is 7.36. The summed E-state index contributed by atoms with van der Waals surface area (Å²) in [6, 6.07) is 3.27. The number of halogens is 2. The van der Waals surface area contributed by atoms with Crippen molar-refractivity contribution < 1.29 is 18.3 Å². The fourth-order valence-corrected chi connectivity index (χ4v) is 5.36. The second-order valence-electron chi connectivity index (χ2n) is 9.81. The van der Waals surface area contributed by atoms with Gasteiger partial charge in [-0.2, -0.15) is 5.10 Å². The van der Waals surface area contributed by atoms with Crippen molar-refractivity contribution in [1.82, 2.24) is 30.4 Å². The lowest BCUT2D eigenvalue weighted by molar-refractivity contribution is -0.134. The molecule has 2 aromatic heterocycles. The van der Waals surface area contributed by atoms with Gasteiger partial charge in [-0.25, -0.2) is 18.7 Å². The van der Waals surface area contributed by atoms with Crippen LogP contribution in [-0.2, 0) is 17.8 Å². The minimum absolute atomic E-state index is 0.0689. The molecule has 2 N–H and O–H groups in total. The first-order chi connectivity index (χ1) is 18.0. The Kier molecular flexibility index (Phi) is 6.45. The fraction of sp³-hybridized carbons (Fsp3) is 0.462. The van der Waals surface area contributed by atoms with Crippen LogP contribution < -0.4 is 15.0 Å². The highest BCUT2D eigenvalue weighted by Gasteiger charge is 2.32. The highest BCUT2D eigenvalue weighted by Crippen LogP contribution is 2.33. The van der Waals surface area contributed by atoms with Gasteiger partial charge < -0.3 is 19.9 Å². The number of hydrogen-bond acceptors (Lipinski definition) is 7. The maximum Gasteiger partial charge on any atom is 0.240 e. The van der Waals surface area contributed by atoms with Crippen molar-refractivity contribution in [2.24, 2.45) is 0 Å². The summed E-state index contributed by atoms with van der Waals surface area (Å²) in [4.78, 5) is 27.1. The predicted molar refractivity (Wildman–Crippen MR) is 132 cm³/mol. The summed E-state index contributed by atoms with van der Waals surface area (Å²) in [5.41, 5.74) is 3.29. The molecular weight excluding hydrogens is 480 g/mol. The Balaban J connectivity index is 1.20. The van der Waals surface area contributed by atoms with Gasteiger partial charge in [-0.15, -0.1) is 0 Å². The van der Waals surface area contributed by atoms with E-state index in [1.54, 1.807) is 12.4 Å². The molecule has 1 aromatic carbocycles. The number of H-pyrrole nitrogens is 1. The van der Waals surface area contributed by atoms with Gasteiger partial charge in [0.2, 0.25) is 5.91 Å². The summed E-state index contributed by atoms with van der Waals surface area (Å²) >= 11 is 0. The van der Waals surface area contributed by atoms with Crippen LogP contribution in [-0.4, -0.2) is 69.3 Å². The van der Waals surface area contributed by atoms with Crippen molar-refractivity contribution in [3.05, 3.63) is 53.6 Å². The molecule has 0 aliphatic carbocycles. The number of benzene rings is 1. The normalized spacial score (nSPS) is 20.2. The minimum Gasteiger partial charge on any atom is -0.487 e. The van der Waals surface area contributed by atoms with E-state index in [0.717, 1.165) is 53.9 Å². The Bertz CT molecular complexity index is 1270. The van der Waals surface area contributed by atoms with E-state index in [1.165, 1.54) is 12.1 Å². The zero-order valence-electron chi connectivity index (χ0n) is 20.4. The lowest BCUT2D eigenvalue weighted by atomic mass is 10.0. The Morgan fingerprint density at radius 1 is 1.08 bits per heavy atom. The first-order valence-electron chi connectivity index (χ1n) is 12.8. The van der Waals surface area contributed by atoms with Crippen LogP contribution >= 0.6 is 0 Å². The Labute approximate surface area is 213 Å². The quantitative estimate of drug-likeness (QED) is 0.546. The molecule has 1 atom stereocenters. The third kappa shape index (κ3) is 4.87. The number of ether oxygens (including phenoxy) is 1. The highest BCUT2D eigenvalue weighted by atomic mass is 19.1. The molecule has 3 aliphatic rings. The SMILES string of the molecule is O=C(C1CCCN1)N1CCc2nc(N3CCC(Oc4ccc(F)cc4F)CC3)c(-c3cn[nH]c3)nc2C1. The van der Waals surface area contributed by atoms with Gasteiger partial charge in [0.25, 0.3) is 0 Å². The van der Waals surface area contributed by atoms with Crippen molar-refractivity contribution >= 4 is 11.7 Å². The van der Waals surface area contributed by atoms with E-state index in [1.807, 2.05) is 4.90 Å². The minimum atomic E-state index is -0.693. The second-order valence-corrected chi connectivity index (χ2v) is 9.81. The largest absolute Gasteiger partial charge is 0.487 e. The van der Waals surface area contributed by atoms with Crippen LogP contribution in [0.25, 0.3) is 11.3 Å². The smallest absolute Gasteiger partial charge is 0.240 e. The first kappa shape index (κ1) is 23.8. The predicted octanol–water partition coefficient (Wildman–Crippen LogP) is 2.83. The van der Waals surface area contributed by atoms with Crippen LogP contribution in [0, 0.1) is 11.6 Å².